The minimum Gasteiger partial charge on any atom is -0.409 e. The van der Waals surface area contributed by atoms with Gasteiger partial charge >= 0.3 is 0 Å². The van der Waals surface area contributed by atoms with Crippen LogP contribution < -0.4 is 5.73 Å². The van der Waals surface area contributed by atoms with Gasteiger partial charge in [-0.3, -0.25) is 4.79 Å². The van der Waals surface area contributed by atoms with E-state index in [0.717, 1.165) is 19.3 Å². The zero-order valence-corrected chi connectivity index (χ0v) is 13.5. The Morgan fingerprint density at radius 3 is 2.48 bits per heavy atom. The molecular formula is C15H29N3O3. The first-order chi connectivity index (χ1) is 10.1. The lowest BCUT2D eigenvalue weighted by Crippen LogP contribution is -2.55. The fraction of sp³-hybridized carbons (Fsp3) is 0.867. The number of morpholine rings is 1. The number of carbonyl (C=O) groups is 1. The first-order valence-corrected chi connectivity index (χ1v) is 7.94. The van der Waals surface area contributed by atoms with Crippen molar-refractivity contribution < 1.29 is 14.7 Å². The van der Waals surface area contributed by atoms with Crippen LogP contribution in [0.15, 0.2) is 5.16 Å². The van der Waals surface area contributed by atoms with Crippen LogP contribution in [0.25, 0.3) is 0 Å². The average Bonchev–Trinajstić information content (AvgIpc) is 2.53. The molecule has 0 bridgehead atoms. The molecule has 1 saturated heterocycles. The number of amidine groups is 1. The van der Waals surface area contributed by atoms with Crippen molar-refractivity contribution >= 4 is 11.7 Å². The SMILES string of the molecule is CCCC(CCC)(C(=O)N1CCOC(CC)C1)C(N)=NO. The van der Waals surface area contributed by atoms with Crippen molar-refractivity contribution in [3.05, 3.63) is 0 Å². The molecule has 0 aliphatic carbocycles. The summed E-state index contributed by atoms with van der Waals surface area (Å²) in [6, 6.07) is 0. The maximum Gasteiger partial charge on any atom is 0.236 e. The number of hydrogen-bond acceptors (Lipinski definition) is 4. The molecule has 0 aromatic heterocycles. The van der Waals surface area contributed by atoms with Crippen LogP contribution in [0.4, 0.5) is 0 Å². The zero-order chi connectivity index (χ0) is 15.9. The van der Waals surface area contributed by atoms with Crippen molar-refractivity contribution in [1.29, 1.82) is 0 Å². The molecule has 0 aromatic rings. The van der Waals surface area contributed by atoms with Crippen LogP contribution in [0.1, 0.15) is 52.9 Å². The number of ether oxygens (including phenoxy) is 1. The highest BCUT2D eigenvalue weighted by Crippen LogP contribution is 2.33. The molecular weight excluding hydrogens is 270 g/mol. The Morgan fingerprint density at radius 2 is 2.00 bits per heavy atom. The van der Waals surface area contributed by atoms with Gasteiger partial charge in [0.05, 0.1) is 12.7 Å². The molecule has 0 spiro atoms. The lowest BCUT2D eigenvalue weighted by atomic mass is 9.76. The van der Waals surface area contributed by atoms with Gasteiger partial charge in [0.2, 0.25) is 5.91 Å². The fourth-order valence-corrected chi connectivity index (χ4v) is 3.11. The van der Waals surface area contributed by atoms with E-state index in [4.69, 9.17) is 15.7 Å². The van der Waals surface area contributed by atoms with Crippen LogP contribution in [-0.4, -0.2) is 47.7 Å². The Morgan fingerprint density at radius 1 is 1.38 bits per heavy atom. The van der Waals surface area contributed by atoms with Crippen molar-refractivity contribution in [2.24, 2.45) is 16.3 Å². The molecule has 0 saturated carbocycles. The first kappa shape index (κ1) is 17.8. The van der Waals surface area contributed by atoms with Crippen molar-refractivity contribution in [3.8, 4) is 0 Å². The summed E-state index contributed by atoms with van der Waals surface area (Å²) < 4.78 is 5.62. The van der Waals surface area contributed by atoms with E-state index in [1.165, 1.54) is 0 Å². The van der Waals surface area contributed by atoms with E-state index >= 15 is 0 Å². The molecule has 0 radical (unpaired) electrons. The normalized spacial score (nSPS) is 20.6. The topological polar surface area (TPSA) is 88.2 Å². The number of oxime groups is 1. The molecule has 1 heterocycles. The molecule has 3 N–H and O–H groups in total. The van der Waals surface area contributed by atoms with E-state index in [1.54, 1.807) is 0 Å². The van der Waals surface area contributed by atoms with Gasteiger partial charge in [-0.05, 0) is 19.3 Å². The molecule has 122 valence electrons. The van der Waals surface area contributed by atoms with Gasteiger partial charge < -0.3 is 20.6 Å². The summed E-state index contributed by atoms with van der Waals surface area (Å²) in [7, 11) is 0. The van der Waals surface area contributed by atoms with Crippen molar-refractivity contribution in [3.63, 3.8) is 0 Å². The maximum absolute atomic E-state index is 13.1. The summed E-state index contributed by atoms with van der Waals surface area (Å²) in [5, 5.41) is 12.3. The van der Waals surface area contributed by atoms with Gasteiger partial charge in [-0.1, -0.05) is 38.8 Å². The lowest BCUT2D eigenvalue weighted by molar-refractivity contribution is -0.147. The summed E-state index contributed by atoms with van der Waals surface area (Å²) in [4.78, 5) is 14.9. The highest BCUT2D eigenvalue weighted by atomic mass is 16.5. The molecule has 1 unspecified atom stereocenters. The number of nitrogens with two attached hydrogens (primary N) is 1. The molecule has 6 heteroatoms. The number of hydrogen-bond donors (Lipinski definition) is 2. The van der Waals surface area contributed by atoms with E-state index in [0.29, 0.717) is 32.5 Å². The Bertz CT molecular complexity index is 365. The summed E-state index contributed by atoms with van der Waals surface area (Å²) in [5.41, 5.74) is 5.04. The second-order valence-corrected chi connectivity index (χ2v) is 5.72. The van der Waals surface area contributed by atoms with Gasteiger partial charge in [0.15, 0.2) is 5.84 Å². The summed E-state index contributed by atoms with van der Waals surface area (Å²) in [6.45, 7) is 7.78. The summed E-state index contributed by atoms with van der Waals surface area (Å²) >= 11 is 0. The second-order valence-electron chi connectivity index (χ2n) is 5.72. The van der Waals surface area contributed by atoms with E-state index in [1.807, 2.05) is 25.7 Å². The smallest absolute Gasteiger partial charge is 0.236 e. The zero-order valence-electron chi connectivity index (χ0n) is 13.5. The third kappa shape index (κ3) is 3.87. The number of rotatable bonds is 7. The van der Waals surface area contributed by atoms with Crippen LogP contribution in [0.3, 0.4) is 0 Å². The number of carbonyl (C=O) groups excluding carboxylic acids is 1. The molecule has 1 atom stereocenters. The third-order valence-electron chi connectivity index (χ3n) is 4.24. The highest BCUT2D eigenvalue weighted by molar-refractivity contribution is 6.06. The minimum atomic E-state index is -0.881. The van der Waals surface area contributed by atoms with Crippen LogP contribution >= 0.6 is 0 Å². The summed E-state index contributed by atoms with van der Waals surface area (Å²) in [5.74, 6) is 0.0130. The Labute approximate surface area is 127 Å². The molecule has 21 heavy (non-hydrogen) atoms. The molecule has 0 aromatic carbocycles. The monoisotopic (exact) mass is 299 g/mol. The van der Waals surface area contributed by atoms with Crippen LogP contribution in [0.5, 0.6) is 0 Å². The van der Waals surface area contributed by atoms with Crippen LogP contribution in [0, 0.1) is 5.41 Å². The second kappa shape index (κ2) is 8.22. The van der Waals surface area contributed by atoms with Crippen LogP contribution in [-0.2, 0) is 9.53 Å². The first-order valence-electron chi connectivity index (χ1n) is 7.94. The Balaban J connectivity index is 3.03. The predicted octanol–water partition coefficient (Wildman–Crippen LogP) is 1.96. The van der Waals surface area contributed by atoms with E-state index in [2.05, 4.69) is 5.16 Å². The molecule has 1 aliphatic rings. The standard InChI is InChI=1S/C15H29N3O3/c1-4-7-15(8-5-2,13(16)17-20)14(19)18-9-10-21-12(6-3)11-18/h12,20H,4-11H2,1-3H3,(H2,16,17). The number of nitrogens with zero attached hydrogens (tertiary/aromatic N) is 2. The van der Waals surface area contributed by atoms with Gasteiger partial charge in [0.25, 0.3) is 0 Å². The fourth-order valence-electron chi connectivity index (χ4n) is 3.11. The Hall–Kier alpha value is -1.30. The molecule has 1 fully saturated rings. The van der Waals surface area contributed by atoms with Crippen molar-refractivity contribution in [2.45, 2.75) is 59.0 Å². The van der Waals surface area contributed by atoms with Gasteiger partial charge in [0.1, 0.15) is 5.41 Å². The summed E-state index contributed by atoms with van der Waals surface area (Å²) in [6.07, 6.45) is 3.78. The van der Waals surface area contributed by atoms with Crippen LogP contribution in [0.2, 0.25) is 0 Å². The van der Waals surface area contributed by atoms with E-state index in [9.17, 15) is 4.79 Å². The molecule has 1 amide bonds. The lowest BCUT2D eigenvalue weighted by Gasteiger charge is -2.40. The minimum absolute atomic E-state index is 0.0248. The Kier molecular flexibility index (Phi) is 6.95. The largest absolute Gasteiger partial charge is 0.409 e. The van der Waals surface area contributed by atoms with Gasteiger partial charge in [-0.15, -0.1) is 0 Å². The van der Waals surface area contributed by atoms with Crippen molar-refractivity contribution in [2.75, 3.05) is 19.7 Å². The molecule has 1 rings (SSSR count). The quantitative estimate of drug-likeness (QED) is 0.325. The number of amides is 1. The predicted molar refractivity (Wildman–Crippen MR) is 82.3 cm³/mol. The molecule has 1 aliphatic heterocycles. The van der Waals surface area contributed by atoms with Gasteiger partial charge in [-0.25, -0.2) is 0 Å². The molecule has 6 nitrogen and oxygen atoms in total. The van der Waals surface area contributed by atoms with Gasteiger partial charge in [-0.2, -0.15) is 0 Å². The van der Waals surface area contributed by atoms with Crippen molar-refractivity contribution in [1.82, 2.24) is 4.90 Å². The third-order valence-corrected chi connectivity index (χ3v) is 4.24. The highest BCUT2D eigenvalue weighted by Gasteiger charge is 2.44. The van der Waals surface area contributed by atoms with E-state index in [-0.39, 0.29) is 17.8 Å². The average molecular weight is 299 g/mol. The van der Waals surface area contributed by atoms with Gasteiger partial charge in [0, 0.05) is 13.1 Å². The van der Waals surface area contributed by atoms with E-state index < -0.39 is 5.41 Å². The maximum atomic E-state index is 13.1.